The molecular weight excluding hydrogens is 349 g/mol. The van der Waals surface area contributed by atoms with Gasteiger partial charge in [0.1, 0.15) is 18.2 Å². The molecular formula is C22H21ClFNO. The van der Waals surface area contributed by atoms with Crippen LogP contribution in [0.2, 0.25) is 5.02 Å². The standard InChI is InChI=1S/C22H21ClFNO/c23-20-8-4-18(5-9-20)16-26-22-3-1-2-19(14-22)15-25-13-12-17-6-10-21(24)11-7-17/h1-11,14,25H,12-13,15-16H2. The Morgan fingerprint density at radius 3 is 2.35 bits per heavy atom. The molecule has 0 unspecified atom stereocenters. The van der Waals surface area contributed by atoms with Gasteiger partial charge in [-0.25, -0.2) is 4.39 Å². The lowest BCUT2D eigenvalue weighted by molar-refractivity contribution is 0.306. The van der Waals surface area contributed by atoms with E-state index in [2.05, 4.69) is 11.4 Å². The summed E-state index contributed by atoms with van der Waals surface area (Å²) in [6, 6.07) is 22.3. The van der Waals surface area contributed by atoms with Gasteiger partial charge in [-0.05, 0) is 66.1 Å². The number of hydrogen-bond donors (Lipinski definition) is 1. The first-order valence-electron chi connectivity index (χ1n) is 8.60. The number of hydrogen-bond acceptors (Lipinski definition) is 2. The summed E-state index contributed by atoms with van der Waals surface area (Å²) >= 11 is 5.89. The van der Waals surface area contributed by atoms with Crippen LogP contribution >= 0.6 is 11.6 Å². The van der Waals surface area contributed by atoms with Gasteiger partial charge < -0.3 is 10.1 Å². The largest absolute Gasteiger partial charge is 0.489 e. The lowest BCUT2D eigenvalue weighted by atomic mass is 10.1. The minimum absolute atomic E-state index is 0.197. The molecule has 0 bridgehead atoms. The van der Waals surface area contributed by atoms with E-state index in [-0.39, 0.29) is 5.82 Å². The van der Waals surface area contributed by atoms with Gasteiger partial charge in [-0.3, -0.25) is 0 Å². The summed E-state index contributed by atoms with van der Waals surface area (Å²) in [7, 11) is 0. The van der Waals surface area contributed by atoms with E-state index in [4.69, 9.17) is 16.3 Å². The normalized spacial score (nSPS) is 10.7. The number of rotatable bonds is 8. The zero-order chi connectivity index (χ0) is 18.2. The Labute approximate surface area is 158 Å². The molecule has 4 heteroatoms. The molecule has 1 N–H and O–H groups in total. The minimum atomic E-state index is -0.197. The SMILES string of the molecule is Fc1ccc(CCNCc2cccc(OCc3ccc(Cl)cc3)c2)cc1. The van der Waals surface area contributed by atoms with E-state index in [1.54, 1.807) is 0 Å². The Balaban J connectivity index is 1.44. The topological polar surface area (TPSA) is 21.3 Å². The fraction of sp³-hybridized carbons (Fsp3) is 0.182. The average Bonchev–Trinajstić information content (AvgIpc) is 2.67. The molecule has 3 aromatic rings. The smallest absolute Gasteiger partial charge is 0.123 e. The molecule has 3 aromatic carbocycles. The van der Waals surface area contributed by atoms with Gasteiger partial charge in [0, 0.05) is 11.6 Å². The van der Waals surface area contributed by atoms with E-state index in [9.17, 15) is 4.39 Å². The summed E-state index contributed by atoms with van der Waals surface area (Å²) in [5.74, 6) is 0.648. The van der Waals surface area contributed by atoms with Crippen molar-refractivity contribution in [3.8, 4) is 5.75 Å². The van der Waals surface area contributed by atoms with Gasteiger partial charge >= 0.3 is 0 Å². The van der Waals surface area contributed by atoms with Crippen LogP contribution < -0.4 is 10.1 Å². The quantitative estimate of drug-likeness (QED) is 0.537. The fourth-order valence-electron chi connectivity index (χ4n) is 2.61. The first kappa shape index (κ1) is 18.4. The molecule has 3 rings (SSSR count). The summed E-state index contributed by atoms with van der Waals surface area (Å²) in [5.41, 5.74) is 3.37. The Kier molecular flexibility index (Phi) is 6.64. The summed E-state index contributed by atoms with van der Waals surface area (Å²) in [4.78, 5) is 0. The minimum Gasteiger partial charge on any atom is -0.489 e. The number of ether oxygens (including phenoxy) is 1. The molecule has 0 aliphatic carbocycles. The fourth-order valence-corrected chi connectivity index (χ4v) is 2.74. The molecule has 0 aliphatic heterocycles. The van der Waals surface area contributed by atoms with Crippen molar-refractivity contribution in [2.45, 2.75) is 19.6 Å². The molecule has 0 saturated carbocycles. The maximum absolute atomic E-state index is 12.9. The third-order valence-corrected chi connectivity index (χ3v) is 4.30. The molecule has 0 spiro atoms. The highest BCUT2D eigenvalue weighted by molar-refractivity contribution is 6.30. The van der Waals surface area contributed by atoms with Gasteiger partial charge in [0.2, 0.25) is 0 Å². The van der Waals surface area contributed by atoms with Crippen LogP contribution in [0.5, 0.6) is 5.75 Å². The second-order valence-electron chi connectivity index (χ2n) is 6.12. The summed E-state index contributed by atoms with van der Waals surface area (Å²) in [6.07, 6.45) is 0.868. The maximum Gasteiger partial charge on any atom is 0.123 e. The second kappa shape index (κ2) is 9.37. The van der Waals surface area contributed by atoms with Crippen molar-refractivity contribution >= 4 is 11.6 Å². The Bertz CT molecular complexity index is 818. The third kappa shape index (κ3) is 5.87. The van der Waals surface area contributed by atoms with Crippen molar-refractivity contribution < 1.29 is 9.13 Å². The molecule has 0 saturated heterocycles. The van der Waals surface area contributed by atoms with E-state index < -0.39 is 0 Å². The molecule has 0 aromatic heterocycles. The van der Waals surface area contributed by atoms with E-state index in [0.717, 1.165) is 47.0 Å². The first-order chi connectivity index (χ1) is 12.7. The molecule has 2 nitrogen and oxygen atoms in total. The number of nitrogens with one attached hydrogen (secondary N) is 1. The van der Waals surface area contributed by atoms with Crippen LogP contribution in [0.3, 0.4) is 0 Å². The molecule has 0 atom stereocenters. The molecule has 0 fully saturated rings. The van der Waals surface area contributed by atoms with Crippen LogP contribution in [-0.4, -0.2) is 6.54 Å². The van der Waals surface area contributed by atoms with Gasteiger partial charge in [0.05, 0.1) is 0 Å². The predicted molar refractivity (Wildman–Crippen MR) is 104 cm³/mol. The molecule has 0 aliphatic rings. The van der Waals surface area contributed by atoms with Crippen LogP contribution in [0.1, 0.15) is 16.7 Å². The van der Waals surface area contributed by atoms with E-state index in [1.165, 1.54) is 12.1 Å². The van der Waals surface area contributed by atoms with Gasteiger partial charge in [0.15, 0.2) is 0 Å². The Hall–Kier alpha value is -2.36. The van der Waals surface area contributed by atoms with E-state index in [0.29, 0.717) is 6.61 Å². The Morgan fingerprint density at radius 2 is 1.58 bits per heavy atom. The summed E-state index contributed by atoms with van der Waals surface area (Å²) in [6.45, 7) is 2.11. The molecule has 134 valence electrons. The monoisotopic (exact) mass is 369 g/mol. The number of benzene rings is 3. The van der Waals surface area contributed by atoms with E-state index in [1.807, 2.05) is 54.6 Å². The van der Waals surface area contributed by atoms with Crippen LogP contribution in [0.15, 0.2) is 72.8 Å². The number of halogens is 2. The highest BCUT2D eigenvalue weighted by Gasteiger charge is 2.00. The van der Waals surface area contributed by atoms with Crippen molar-refractivity contribution in [3.63, 3.8) is 0 Å². The van der Waals surface area contributed by atoms with E-state index >= 15 is 0 Å². The Morgan fingerprint density at radius 1 is 0.846 bits per heavy atom. The van der Waals surface area contributed by atoms with Crippen molar-refractivity contribution in [3.05, 3.63) is 100 Å². The van der Waals surface area contributed by atoms with Crippen LogP contribution in [-0.2, 0) is 19.6 Å². The summed E-state index contributed by atoms with van der Waals surface area (Å²) in [5, 5.41) is 4.13. The molecule has 26 heavy (non-hydrogen) atoms. The molecule has 0 heterocycles. The maximum atomic E-state index is 12.9. The zero-order valence-corrected chi connectivity index (χ0v) is 15.2. The third-order valence-electron chi connectivity index (χ3n) is 4.05. The van der Waals surface area contributed by atoms with Crippen molar-refractivity contribution in [2.24, 2.45) is 0 Å². The predicted octanol–water partition coefficient (Wildman–Crippen LogP) is 5.39. The van der Waals surface area contributed by atoms with Crippen LogP contribution in [0, 0.1) is 5.82 Å². The van der Waals surface area contributed by atoms with Crippen LogP contribution in [0.4, 0.5) is 4.39 Å². The van der Waals surface area contributed by atoms with Crippen LogP contribution in [0.25, 0.3) is 0 Å². The highest BCUT2D eigenvalue weighted by Crippen LogP contribution is 2.16. The van der Waals surface area contributed by atoms with Gasteiger partial charge in [-0.15, -0.1) is 0 Å². The molecule has 0 amide bonds. The van der Waals surface area contributed by atoms with Crippen molar-refractivity contribution in [2.75, 3.05) is 6.54 Å². The summed E-state index contributed by atoms with van der Waals surface area (Å²) < 4.78 is 18.7. The van der Waals surface area contributed by atoms with Crippen molar-refractivity contribution in [1.29, 1.82) is 0 Å². The van der Waals surface area contributed by atoms with Gasteiger partial charge in [0.25, 0.3) is 0 Å². The average molecular weight is 370 g/mol. The van der Waals surface area contributed by atoms with Gasteiger partial charge in [-0.1, -0.05) is 48.0 Å². The zero-order valence-electron chi connectivity index (χ0n) is 14.4. The lowest BCUT2D eigenvalue weighted by Crippen LogP contribution is -2.16. The lowest BCUT2D eigenvalue weighted by Gasteiger charge is -2.09. The van der Waals surface area contributed by atoms with Gasteiger partial charge in [-0.2, -0.15) is 0 Å². The highest BCUT2D eigenvalue weighted by atomic mass is 35.5. The first-order valence-corrected chi connectivity index (χ1v) is 8.98. The second-order valence-corrected chi connectivity index (χ2v) is 6.55. The van der Waals surface area contributed by atoms with Crippen molar-refractivity contribution in [1.82, 2.24) is 5.32 Å². The molecule has 0 radical (unpaired) electrons.